The first-order chi connectivity index (χ1) is 8.65. The molecule has 0 saturated heterocycles. The van der Waals surface area contributed by atoms with E-state index in [4.69, 9.17) is 5.73 Å². The quantitative estimate of drug-likeness (QED) is 0.712. The highest BCUT2D eigenvalue weighted by molar-refractivity contribution is 9.10. The Bertz CT molecular complexity index is 513. The second-order valence-electron chi connectivity index (χ2n) is 3.94. The Kier molecular flexibility index (Phi) is 5.76. The fourth-order valence-electron chi connectivity index (χ4n) is 1.54. The van der Waals surface area contributed by atoms with E-state index in [0.717, 1.165) is 21.1 Å². The summed E-state index contributed by atoms with van der Waals surface area (Å²) >= 11 is 10.6. The first kappa shape index (κ1) is 14.6. The third-order valence-corrected chi connectivity index (χ3v) is 6.31. The molecule has 2 rings (SSSR count). The van der Waals surface area contributed by atoms with Gasteiger partial charge in [-0.1, -0.05) is 12.1 Å². The zero-order valence-corrected chi connectivity index (χ0v) is 14.4. The van der Waals surface area contributed by atoms with Crippen LogP contribution in [0.15, 0.2) is 49.6 Å². The van der Waals surface area contributed by atoms with Gasteiger partial charge in [0, 0.05) is 35.9 Å². The molecular formula is C13H13Br2NS2. The SMILES string of the molecule is NC(CSc1ccccc1Br)Cc1cc(Br)cs1. The minimum absolute atomic E-state index is 0.188. The van der Waals surface area contributed by atoms with Crippen LogP contribution in [-0.2, 0) is 6.42 Å². The Morgan fingerprint density at radius 1 is 1.28 bits per heavy atom. The smallest absolute Gasteiger partial charge is 0.0311 e. The number of rotatable bonds is 5. The molecule has 0 spiro atoms. The summed E-state index contributed by atoms with van der Waals surface area (Å²) in [5, 5.41) is 2.10. The molecule has 5 heteroatoms. The van der Waals surface area contributed by atoms with Gasteiger partial charge in [0.05, 0.1) is 0 Å². The molecule has 1 aromatic heterocycles. The Morgan fingerprint density at radius 2 is 2.06 bits per heavy atom. The van der Waals surface area contributed by atoms with Crippen LogP contribution in [0.3, 0.4) is 0 Å². The first-order valence-electron chi connectivity index (χ1n) is 5.51. The van der Waals surface area contributed by atoms with Crippen LogP contribution in [0, 0.1) is 0 Å². The van der Waals surface area contributed by atoms with Crippen LogP contribution in [0.25, 0.3) is 0 Å². The number of benzene rings is 1. The van der Waals surface area contributed by atoms with E-state index in [1.807, 2.05) is 6.07 Å². The topological polar surface area (TPSA) is 26.0 Å². The molecule has 0 aliphatic carbocycles. The van der Waals surface area contributed by atoms with Crippen molar-refractivity contribution in [2.24, 2.45) is 5.73 Å². The molecular weight excluding hydrogens is 394 g/mol. The highest BCUT2D eigenvalue weighted by Gasteiger charge is 2.08. The summed E-state index contributed by atoms with van der Waals surface area (Å²) in [6.45, 7) is 0. The molecule has 0 aliphatic rings. The van der Waals surface area contributed by atoms with E-state index in [2.05, 4.69) is 61.5 Å². The van der Waals surface area contributed by atoms with Crippen molar-refractivity contribution in [1.29, 1.82) is 0 Å². The minimum Gasteiger partial charge on any atom is -0.327 e. The molecule has 2 N–H and O–H groups in total. The largest absolute Gasteiger partial charge is 0.327 e. The number of halogens is 2. The molecule has 0 fully saturated rings. The molecule has 1 nitrogen and oxygen atoms in total. The maximum absolute atomic E-state index is 6.17. The molecule has 1 aromatic carbocycles. The monoisotopic (exact) mass is 405 g/mol. The van der Waals surface area contributed by atoms with Crippen LogP contribution in [0.1, 0.15) is 4.88 Å². The molecule has 96 valence electrons. The van der Waals surface area contributed by atoms with Gasteiger partial charge in [-0.3, -0.25) is 0 Å². The lowest BCUT2D eigenvalue weighted by molar-refractivity contribution is 0.757. The Morgan fingerprint density at radius 3 is 2.72 bits per heavy atom. The van der Waals surface area contributed by atoms with Crippen molar-refractivity contribution < 1.29 is 0 Å². The summed E-state index contributed by atoms with van der Waals surface area (Å²) in [6.07, 6.45) is 0.938. The fourth-order valence-corrected chi connectivity index (χ4v) is 4.60. The van der Waals surface area contributed by atoms with Crippen molar-refractivity contribution >= 4 is 55.0 Å². The zero-order valence-electron chi connectivity index (χ0n) is 9.61. The second kappa shape index (κ2) is 7.10. The van der Waals surface area contributed by atoms with Crippen molar-refractivity contribution in [3.63, 3.8) is 0 Å². The minimum atomic E-state index is 0.188. The summed E-state index contributed by atoms with van der Waals surface area (Å²) in [6, 6.07) is 10.6. The van der Waals surface area contributed by atoms with E-state index < -0.39 is 0 Å². The predicted molar refractivity (Wildman–Crippen MR) is 88.6 cm³/mol. The van der Waals surface area contributed by atoms with Gasteiger partial charge in [-0.2, -0.15) is 0 Å². The summed E-state index contributed by atoms with van der Waals surface area (Å²) in [5.41, 5.74) is 6.17. The standard InChI is InChI=1S/C13H13Br2NS2/c14-9-5-11(17-7-9)6-10(16)8-18-13-4-2-1-3-12(13)15/h1-5,7,10H,6,8,16H2. The summed E-state index contributed by atoms with van der Waals surface area (Å²) in [4.78, 5) is 2.59. The van der Waals surface area contributed by atoms with Gasteiger partial charge in [0.1, 0.15) is 0 Å². The van der Waals surface area contributed by atoms with Crippen LogP contribution in [0.5, 0.6) is 0 Å². The van der Waals surface area contributed by atoms with Gasteiger partial charge in [-0.15, -0.1) is 23.1 Å². The molecule has 18 heavy (non-hydrogen) atoms. The van der Waals surface area contributed by atoms with Crippen LogP contribution in [0.2, 0.25) is 0 Å². The van der Waals surface area contributed by atoms with Gasteiger partial charge in [-0.05, 0) is 56.5 Å². The Balaban J connectivity index is 1.85. The number of thioether (sulfide) groups is 1. The first-order valence-corrected chi connectivity index (χ1v) is 8.96. The number of hydrogen-bond donors (Lipinski definition) is 1. The lowest BCUT2D eigenvalue weighted by atomic mass is 10.2. The van der Waals surface area contributed by atoms with E-state index >= 15 is 0 Å². The maximum atomic E-state index is 6.17. The third-order valence-electron chi connectivity index (χ3n) is 2.37. The summed E-state index contributed by atoms with van der Waals surface area (Å²) in [7, 11) is 0. The zero-order chi connectivity index (χ0) is 13.0. The average Bonchev–Trinajstić information content (AvgIpc) is 2.74. The Hall–Kier alpha value is 0.190. The molecule has 0 radical (unpaired) electrons. The average molecular weight is 407 g/mol. The van der Waals surface area contributed by atoms with Gasteiger partial charge in [0.15, 0.2) is 0 Å². The lowest BCUT2D eigenvalue weighted by Crippen LogP contribution is -2.25. The van der Waals surface area contributed by atoms with Gasteiger partial charge in [0.25, 0.3) is 0 Å². The molecule has 0 aliphatic heterocycles. The summed E-state index contributed by atoms with van der Waals surface area (Å²) in [5.74, 6) is 0.929. The number of hydrogen-bond acceptors (Lipinski definition) is 3. The predicted octanol–water partition coefficient (Wildman–Crippen LogP) is 4.94. The molecule has 0 amide bonds. The van der Waals surface area contributed by atoms with E-state index in [9.17, 15) is 0 Å². The van der Waals surface area contributed by atoms with E-state index in [1.165, 1.54) is 9.77 Å². The van der Waals surface area contributed by atoms with Crippen molar-refractivity contribution in [1.82, 2.24) is 0 Å². The summed E-state index contributed by atoms with van der Waals surface area (Å²) < 4.78 is 2.29. The molecule has 1 heterocycles. The van der Waals surface area contributed by atoms with Gasteiger partial charge < -0.3 is 5.73 Å². The molecule has 2 aromatic rings. The van der Waals surface area contributed by atoms with E-state index in [1.54, 1.807) is 23.1 Å². The van der Waals surface area contributed by atoms with Gasteiger partial charge in [-0.25, -0.2) is 0 Å². The van der Waals surface area contributed by atoms with Crippen LogP contribution < -0.4 is 5.73 Å². The highest BCUT2D eigenvalue weighted by atomic mass is 79.9. The van der Waals surface area contributed by atoms with Crippen molar-refractivity contribution in [3.05, 3.63) is 49.5 Å². The lowest BCUT2D eigenvalue weighted by Gasteiger charge is -2.10. The van der Waals surface area contributed by atoms with Crippen LogP contribution >= 0.6 is 55.0 Å². The van der Waals surface area contributed by atoms with E-state index in [-0.39, 0.29) is 6.04 Å². The van der Waals surface area contributed by atoms with Gasteiger partial charge >= 0.3 is 0 Å². The van der Waals surface area contributed by atoms with Gasteiger partial charge in [0.2, 0.25) is 0 Å². The molecule has 0 saturated carbocycles. The van der Waals surface area contributed by atoms with Crippen LogP contribution in [-0.4, -0.2) is 11.8 Å². The van der Waals surface area contributed by atoms with E-state index in [0.29, 0.717) is 0 Å². The van der Waals surface area contributed by atoms with Crippen molar-refractivity contribution in [2.45, 2.75) is 17.4 Å². The fraction of sp³-hybridized carbons (Fsp3) is 0.231. The molecule has 1 unspecified atom stereocenters. The number of thiophene rings is 1. The molecule has 1 atom stereocenters. The second-order valence-corrected chi connectivity index (χ2v) is 7.76. The Labute approximate surface area is 132 Å². The van der Waals surface area contributed by atoms with Crippen molar-refractivity contribution in [2.75, 3.05) is 5.75 Å². The van der Waals surface area contributed by atoms with Crippen LogP contribution in [0.4, 0.5) is 0 Å². The normalized spacial score (nSPS) is 12.6. The third kappa shape index (κ3) is 4.38. The highest BCUT2D eigenvalue weighted by Crippen LogP contribution is 2.28. The van der Waals surface area contributed by atoms with Crippen molar-refractivity contribution in [3.8, 4) is 0 Å². The maximum Gasteiger partial charge on any atom is 0.0311 e. The number of nitrogens with two attached hydrogens (primary N) is 1. The molecule has 0 bridgehead atoms.